The number of methoxy groups -OCH3 is 2. The number of nitrogens with zero attached hydrogens (tertiary/aromatic N) is 2. The number of hydrogen-bond donors (Lipinski definition) is 1. The number of hydrogen-bond acceptors (Lipinski definition) is 6. The van der Waals surface area contributed by atoms with Crippen molar-refractivity contribution in [3.8, 4) is 11.5 Å². The van der Waals surface area contributed by atoms with Crippen LogP contribution in [0.25, 0.3) is 0 Å². The van der Waals surface area contributed by atoms with Gasteiger partial charge in [0.15, 0.2) is 11.5 Å². The molecule has 0 spiro atoms. The molecule has 2 aromatic rings. The predicted molar refractivity (Wildman–Crippen MR) is 131 cm³/mol. The Bertz CT molecular complexity index is 1070. The van der Waals surface area contributed by atoms with Gasteiger partial charge in [0.2, 0.25) is 10.0 Å². The summed E-state index contributed by atoms with van der Waals surface area (Å²) < 4.78 is 39.7. The van der Waals surface area contributed by atoms with E-state index in [1.165, 1.54) is 43.5 Å². The fourth-order valence-electron chi connectivity index (χ4n) is 4.96. The molecule has 0 aliphatic carbocycles. The van der Waals surface area contributed by atoms with Gasteiger partial charge in [-0.15, -0.1) is 0 Å². The van der Waals surface area contributed by atoms with Crippen molar-refractivity contribution in [3.05, 3.63) is 47.5 Å². The third-order valence-corrected chi connectivity index (χ3v) is 8.22. The van der Waals surface area contributed by atoms with Crippen LogP contribution in [0.1, 0.15) is 42.9 Å². The van der Waals surface area contributed by atoms with Crippen LogP contribution in [-0.2, 0) is 16.4 Å². The van der Waals surface area contributed by atoms with E-state index in [1.807, 2.05) is 0 Å². The summed E-state index contributed by atoms with van der Waals surface area (Å²) >= 11 is 0. The molecule has 1 unspecified atom stereocenters. The number of aryl methyl sites for hydroxylation is 1. The van der Waals surface area contributed by atoms with Crippen LogP contribution in [-0.4, -0.2) is 60.8 Å². The monoisotopic (exact) mass is 473 g/mol. The van der Waals surface area contributed by atoms with Gasteiger partial charge < -0.3 is 14.4 Å². The molecule has 0 amide bonds. The Balaban J connectivity index is 1.59. The van der Waals surface area contributed by atoms with E-state index >= 15 is 0 Å². The van der Waals surface area contributed by atoms with Crippen molar-refractivity contribution in [1.82, 2.24) is 9.62 Å². The van der Waals surface area contributed by atoms with Crippen LogP contribution in [0.5, 0.6) is 11.5 Å². The predicted octanol–water partition coefficient (Wildman–Crippen LogP) is 3.59. The Hall–Kier alpha value is -2.29. The van der Waals surface area contributed by atoms with Gasteiger partial charge in [-0.25, -0.2) is 13.1 Å². The average molecular weight is 474 g/mol. The molecule has 33 heavy (non-hydrogen) atoms. The maximum Gasteiger partial charge on any atom is 0.240 e. The second kappa shape index (κ2) is 10.3. The van der Waals surface area contributed by atoms with E-state index in [4.69, 9.17) is 9.47 Å². The van der Waals surface area contributed by atoms with E-state index < -0.39 is 10.0 Å². The number of nitrogens with one attached hydrogen (secondary N) is 1. The van der Waals surface area contributed by atoms with Crippen molar-refractivity contribution >= 4 is 15.7 Å². The maximum atomic E-state index is 13.2. The zero-order chi connectivity index (χ0) is 23.4. The zero-order valence-corrected chi connectivity index (χ0v) is 20.7. The lowest BCUT2D eigenvalue weighted by atomic mass is 9.95. The Labute approximate surface area is 197 Å². The van der Waals surface area contributed by atoms with Crippen LogP contribution in [0.4, 0.5) is 5.69 Å². The molecular formula is C25H35N3O4S. The highest BCUT2D eigenvalue weighted by Crippen LogP contribution is 2.33. The minimum atomic E-state index is -3.71. The van der Waals surface area contributed by atoms with E-state index in [-0.39, 0.29) is 10.9 Å². The largest absolute Gasteiger partial charge is 0.493 e. The van der Waals surface area contributed by atoms with Crippen molar-refractivity contribution in [1.29, 1.82) is 0 Å². The molecule has 2 heterocycles. The SMILES string of the molecule is COc1ccc(S(=O)(=O)NCC(c2ccc3c(c2)CCCN3C)N2CCCCC2)cc1OC. The lowest BCUT2D eigenvalue weighted by Crippen LogP contribution is -2.40. The van der Waals surface area contributed by atoms with E-state index in [2.05, 4.69) is 39.8 Å². The number of ether oxygens (including phenoxy) is 2. The fourth-order valence-corrected chi connectivity index (χ4v) is 6.01. The molecule has 8 heteroatoms. The summed E-state index contributed by atoms with van der Waals surface area (Å²) in [5, 5.41) is 0. The summed E-state index contributed by atoms with van der Waals surface area (Å²) in [7, 11) is 1.46. The van der Waals surface area contributed by atoms with Gasteiger partial charge in [-0.1, -0.05) is 18.6 Å². The van der Waals surface area contributed by atoms with Gasteiger partial charge in [0.1, 0.15) is 0 Å². The van der Waals surface area contributed by atoms with Gasteiger partial charge in [-0.2, -0.15) is 0 Å². The first-order valence-electron chi connectivity index (χ1n) is 11.7. The molecule has 1 saturated heterocycles. The first kappa shape index (κ1) is 23.9. The van der Waals surface area contributed by atoms with Crippen LogP contribution in [0.2, 0.25) is 0 Å². The summed E-state index contributed by atoms with van der Waals surface area (Å²) in [6.07, 6.45) is 5.74. The summed E-state index contributed by atoms with van der Waals surface area (Å²) in [5.41, 5.74) is 3.82. The molecule has 1 N–H and O–H groups in total. The van der Waals surface area contributed by atoms with E-state index in [9.17, 15) is 8.42 Å². The Morgan fingerprint density at radius 1 is 0.939 bits per heavy atom. The second-order valence-corrected chi connectivity index (χ2v) is 10.7. The molecule has 0 aromatic heterocycles. The molecule has 0 radical (unpaired) electrons. The van der Waals surface area contributed by atoms with Crippen molar-refractivity contribution in [3.63, 3.8) is 0 Å². The highest BCUT2D eigenvalue weighted by molar-refractivity contribution is 7.89. The maximum absolute atomic E-state index is 13.2. The van der Waals surface area contributed by atoms with Crippen LogP contribution >= 0.6 is 0 Å². The summed E-state index contributed by atoms with van der Waals surface area (Å²) in [5.74, 6) is 0.897. The number of sulfonamides is 1. The van der Waals surface area contributed by atoms with Gasteiger partial charge in [0.25, 0.3) is 0 Å². The highest BCUT2D eigenvalue weighted by Gasteiger charge is 2.26. The molecule has 0 saturated carbocycles. The van der Waals surface area contributed by atoms with Crippen LogP contribution in [0, 0.1) is 0 Å². The number of likely N-dealkylation sites (tertiary alicyclic amines) is 1. The lowest BCUT2D eigenvalue weighted by Gasteiger charge is -2.36. The van der Waals surface area contributed by atoms with Crippen LogP contribution in [0.3, 0.4) is 0 Å². The summed E-state index contributed by atoms with van der Waals surface area (Å²) in [6, 6.07) is 11.3. The fraction of sp³-hybridized carbons (Fsp3) is 0.520. The Kier molecular flexibility index (Phi) is 7.46. The Morgan fingerprint density at radius 3 is 2.42 bits per heavy atom. The molecule has 1 atom stereocenters. The topological polar surface area (TPSA) is 71.1 Å². The van der Waals surface area contributed by atoms with Gasteiger partial charge in [0.05, 0.1) is 19.1 Å². The third kappa shape index (κ3) is 5.28. The van der Waals surface area contributed by atoms with E-state index in [0.717, 1.165) is 45.3 Å². The number of piperidine rings is 1. The number of fused-ring (bicyclic) bond motifs is 1. The minimum Gasteiger partial charge on any atom is -0.493 e. The molecule has 180 valence electrons. The normalized spacial score (nSPS) is 18.0. The van der Waals surface area contributed by atoms with E-state index in [1.54, 1.807) is 12.1 Å². The van der Waals surface area contributed by atoms with Crippen LogP contribution < -0.4 is 19.1 Å². The number of anilines is 1. The minimum absolute atomic E-state index is 0.00208. The van der Waals surface area contributed by atoms with Crippen molar-refractivity contribution < 1.29 is 17.9 Å². The summed E-state index contributed by atoms with van der Waals surface area (Å²) in [4.78, 5) is 4.90. The van der Waals surface area contributed by atoms with Gasteiger partial charge in [-0.05, 0) is 68.1 Å². The quantitative estimate of drug-likeness (QED) is 0.632. The standard InChI is InChI=1S/C25H35N3O4S/c1-27-13-7-8-19-16-20(9-11-22(19)27)23(28-14-5-4-6-15-28)18-26-33(29,30)21-10-12-24(31-2)25(17-21)32-3/h9-12,16-17,23,26H,4-8,13-15,18H2,1-3H3. The number of rotatable bonds is 8. The molecule has 4 rings (SSSR count). The third-order valence-electron chi connectivity index (χ3n) is 6.80. The lowest BCUT2D eigenvalue weighted by molar-refractivity contribution is 0.164. The van der Waals surface area contributed by atoms with Gasteiger partial charge >= 0.3 is 0 Å². The molecule has 2 aromatic carbocycles. The zero-order valence-electron chi connectivity index (χ0n) is 19.8. The average Bonchev–Trinajstić information content (AvgIpc) is 2.84. The molecule has 2 aliphatic rings. The van der Waals surface area contributed by atoms with Crippen molar-refractivity contribution in [2.45, 2.75) is 43.0 Å². The first-order chi connectivity index (χ1) is 15.9. The first-order valence-corrected chi connectivity index (χ1v) is 13.2. The van der Waals surface area contributed by atoms with Crippen molar-refractivity contribution in [2.24, 2.45) is 0 Å². The van der Waals surface area contributed by atoms with Crippen LogP contribution in [0.15, 0.2) is 41.3 Å². The molecule has 2 aliphatic heterocycles. The van der Waals surface area contributed by atoms with E-state index in [0.29, 0.717) is 18.0 Å². The summed E-state index contributed by atoms with van der Waals surface area (Å²) in [6.45, 7) is 3.37. The molecule has 7 nitrogen and oxygen atoms in total. The van der Waals surface area contributed by atoms with Crippen molar-refractivity contribution in [2.75, 3.05) is 52.3 Å². The van der Waals surface area contributed by atoms with Gasteiger partial charge in [0, 0.05) is 37.9 Å². The highest BCUT2D eigenvalue weighted by atomic mass is 32.2. The molecule has 0 bridgehead atoms. The molecular weight excluding hydrogens is 438 g/mol. The second-order valence-electron chi connectivity index (χ2n) is 8.89. The smallest absolute Gasteiger partial charge is 0.240 e. The van der Waals surface area contributed by atoms with Gasteiger partial charge in [-0.3, -0.25) is 4.90 Å². The Morgan fingerprint density at radius 2 is 1.70 bits per heavy atom. The number of benzene rings is 2. The molecule has 1 fully saturated rings.